The van der Waals surface area contributed by atoms with Crippen LogP contribution in [0.1, 0.15) is 41.4 Å². The summed E-state index contributed by atoms with van der Waals surface area (Å²) in [6.45, 7) is 10.7. The monoisotopic (exact) mass is 396 g/mol. The maximum absolute atomic E-state index is 12.7. The number of benzene rings is 2. The smallest absolute Gasteiger partial charge is 0.251 e. The average Bonchev–Trinajstić information content (AvgIpc) is 2.74. The second-order valence-corrected chi connectivity index (χ2v) is 8.01. The molecule has 2 aromatic carbocycles. The van der Waals surface area contributed by atoms with Crippen LogP contribution < -0.4 is 10.1 Å². The van der Waals surface area contributed by atoms with Crippen LogP contribution in [0.15, 0.2) is 48.5 Å². The first kappa shape index (κ1) is 21.3. The van der Waals surface area contributed by atoms with E-state index in [0.717, 1.165) is 32.1 Å². The number of nitrogens with one attached hydrogen (secondary N) is 1. The zero-order valence-corrected chi connectivity index (χ0v) is 17.7. The maximum atomic E-state index is 12.7. The lowest BCUT2D eigenvalue weighted by atomic mass is 10.0. The van der Waals surface area contributed by atoms with E-state index in [4.69, 9.17) is 9.47 Å². The molecule has 5 nitrogen and oxygen atoms in total. The number of carbonyl (C=O) groups is 1. The van der Waals surface area contributed by atoms with Crippen LogP contribution in [0.25, 0.3) is 0 Å². The van der Waals surface area contributed by atoms with E-state index in [0.29, 0.717) is 24.6 Å². The highest BCUT2D eigenvalue weighted by molar-refractivity contribution is 5.94. The number of carbonyl (C=O) groups excluding carboxylic acids is 1. The fraction of sp³-hybridized carbons (Fsp3) is 0.458. The number of morpholine rings is 1. The lowest BCUT2D eigenvalue weighted by Gasteiger charge is -2.35. The van der Waals surface area contributed by atoms with E-state index in [1.165, 1.54) is 11.1 Å². The molecule has 0 radical (unpaired) electrons. The first-order chi connectivity index (χ1) is 14.0. The van der Waals surface area contributed by atoms with Crippen molar-refractivity contribution in [3.8, 4) is 5.75 Å². The third-order valence-corrected chi connectivity index (χ3v) is 5.10. The van der Waals surface area contributed by atoms with Crippen LogP contribution in [-0.2, 0) is 4.74 Å². The van der Waals surface area contributed by atoms with Crippen LogP contribution >= 0.6 is 0 Å². The molecule has 0 aliphatic carbocycles. The molecule has 0 spiro atoms. The van der Waals surface area contributed by atoms with Crippen LogP contribution in [-0.4, -0.2) is 50.3 Å². The van der Waals surface area contributed by atoms with Gasteiger partial charge in [0.25, 0.3) is 5.91 Å². The van der Waals surface area contributed by atoms with E-state index in [9.17, 15) is 4.79 Å². The summed E-state index contributed by atoms with van der Waals surface area (Å²) >= 11 is 0. The predicted molar refractivity (Wildman–Crippen MR) is 115 cm³/mol. The molecule has 29 heavy (non-hydrogen) atoms. The van der Waals surface area contributed by atoms with Crippen molar-refractivity contribution in [3.63, 3.8) is 0 Å². The standard InChI is InChI=1S/C24H32N2O3/c1-18(2)17-29-22-10-8-21(9-11-22)24(27)25-16-23(26-12-14-28-15-13-26)20-6-4-19(3)5-7-20/h4-11,18,23H,12-17H2,1-3H3,(H,25,27). The van der Waals surface area contributed by atoms with Gasteiger partial charge >= 0.3 is 0 Å². The second-order valence-electron chi connectivity index (χ2n) is 8.01. The highest BCUT2D eigenvalue weighted by Gasteiger charge is 2.23. The fourth-order valence-corrected chi connectivity index (χ4v) is 3.39. The predicted octanol–water partition coefficient (Wildman–Crippen LogP) is 3.83. The zero-order chi connectivity index (χ0) is 20.6. The summed E-state index contributed by atoms with van der Waals surface area (Å²) in [6, 6.07) is 16.1. The maximum Gasteiger partial charge on any atom is 0.251 e. The molecule has 1 aliphatic rings. The summed E-state index contributed by atoms with van der Waals surface area (Å²) in [5.41, 5.74) is 3.10. The van der Waals surface area contributed by atoms with Gasteiger partial charge in [0, 0.05) is 25.2 Å². The van der Waals surface area contributed by atoms with E-state index in [-0.39, 0.29) is 11.9 Å². The molecule has 5 heteroatoms. The van der Waals surface area contributed by atoms with Crippen molar-refractivity contribution < 1.29 is 14.3 Å². The van der Waals surface area contributed by atoms with E-state index >= 15 is 0 Å². The van der Waals surface area contributed by atoms with Gasteiger partial charge in [-0.25, -0.2) is 0 Å². The van der Waals surface area contributed by atoms with Gasteiger partial charge in [0.2, 0.25) is 0 Å². The molecule has 156 valence electrons. The Balaban J connectivity index is 1.63. The first-order valence-electron chi connectivity index (χ1n) is 10.4. The van der Waals surface area contributed by atoms with Crippen LogP contribution in [0.5, 0.6) is 5.75 Å². The largest absolute Gasteiger partial charge is 0.493 e. The van der Waals surface area contributed by atoms with Gasteiger partial charge in [-0.05, 0) is 42.7 Å². The summed E-state index contributed by atoms with van der Waals surface area (Å²) < 4.78 is 11.2. The minimum atomic E-state index is -0.0641. The number of amides is 1. The van der Waals surface area contributed by atoms with Crippen molar-refractivity contribution in [1.29, 1.82) is 0 Å². The van der Waals surface area contributed by atoms with Crippen LogP contribution in [0.4, 0.5) is 0 Å². The minimum Gasteiger partial charge on any atom is -0.493 e. The Bertz CT molecular complexity index is 766. The van der Waals surface area contributed by atoms with Gasteiger partial charge in [-0.3, -0.25) is 9.69 Å². The molecule has 1 fully saturated rings. The van der Waals surface area contributed by atoms with Crippen molar-refractivity contribution in [1.82, 2.24) is 10.2 Å². The number of nitrogens with zero attached hydrogens (tertiary/aromatic N) is 1. The quantitative estimate of drug-likeness (QED) is 0.737. The minimum absolute atomic E-state index is 0.0641. The van der Waals surface area contributed by atoms with Crippen molar-refractivity contribution in [2.75, 3.05) is 39.5 Å². The molecule has 1 heterocycles. The molecule has 0 aromatic heterocycles. The third kappa shape index (κ3) is 6.31. The van der Waals surface area contributed by atoms with Gasteiger partial charge in [0.15, 0.2) is 0 Å². The lowest BCUT2D eigenvalue weighted by Crippen LogP contribution is -2.43. The average molecular weight is 397 g/mol. The van der Waals surface area contributed by atoms with E-state index in [2.05, 4.69) is 55.3 Å². The lowest BCUT2D eigenvalue weighted by molar-refractivity contribution is 0.0162. The SMILES string of the molecule is Cc1ccc(C(CNC(=O)c2ccc(OCC(C)C)cc2)N2CCOCC2)cc1. The van der Waals surface area contributed by atoms with E-state index in [1.807, 2.05) is 24.3 Å². The Morgan fingerprint density at radius 1 is 1.07 bits per heavy atom. The van der Waals surface area contributed by atoms with Crippen molar-refractivity contribution in [2.24, 2.45) is 5.92 Å². The van der Waals surface area contributed by atoms with Gasteiger partial charge in [-0.15, -0.1) is 0 Å². The number of ether oxygens (including phenoxy) is 2. The van der Waals surface area contributed by atoms with Crippen LogP contribution in [0.2, 0.25) is 0 Å². The van der Waals surface area contributed by atoms with Crippen molar-refractivity contribution in [2.45, 2.75) is 26.8 Å². The van der Waals surface area contributed by atoms with Crippen molar-refractivity contribution in [3.05, 3.63) is 65.2 Å². The number of rotatable bonds is 8. The Labute approximate surface area is 174 Å². The first-order valence-corrected chi connectivity index (χ1v) is 10.4. The van der Waals surface area contributed by atoms with Gasteiger partial charge in [-0.1, -0.05) is 43.7 Å². The molecule has 3 rings (SSSR count). The van der Waals surface area contributed by atoms with Gasteiger partial charge in [0.05, 0.1) is 25.9 Å². The normalized spacial score (nSPS) is 15.9. The molecule has 0 saturated carbocycles. The topological polar surface area (TPSA) is 50.8 Å². The summed E-state index contributed by atoms with van der Waals surface area (Å²) in [5.74, 6) is 1.20. The second kappa shape index (κ2) is 10.4. The molecule has 1 N–H and O–H groups in total. The fourth-order valence-electron chi connectivity index (χ4n) is 3.39. The zero-order valence-electron chi connectivity index (χ0n) is 17.7. The number of hydrogen-bond donors (Lipinski definition) is 1. The van der Waals surface area contributed by atoms with E-state index < -0.39 is 0 Å². The molecule has 0 bridgehead atoms. The number of hydrogen-bond acceptors (Lipinski definition) is 4. The summed E-state index contributed by atoms with van der Waals surface area (Å²) in [5, 5.41) is 3.12. The molecular weight excluding hydrogens is 364 g/mol. The summed E-state index contributed by atoms with van der Waals surface area (Å²) in [7, 11) is 0. The summed E-state index contributed by atoms with van der Waals surface area (Å²) in [4.78, 5) is 15.1. The van der Waals surface area contributed by atoms with Gasteiger partial charge in [-0.2, -0.15) is 0 Å². The molecule has 1 amide bonds. The Kier molecular flexibility index (Phi) is 7.67. The molecule has 1 saturated heterocycles. The molecular formula is C24H32N2O3. The van der Waals surface area contributed by atoms with Crippen LogP contribution in [0, 0.1) is 12.8 Å². The van der Waals surface area contributed by atoms with Crippen LogP contribution in [0.3, 0.4) is 0 Å². The van der Waals surface area contributed by atoms with Gasteiger partial charge in [0.1, 0.15) is 5.75 Å². The van der Waals surface area contributed by atoms with Gasteiger partial charge < -0.3 is 14.8 Å². The molecule has 1 aliphatic heterocycles. The Morgan fingerprint density at radius 3 is 2.34 bits per heavy atom. The van der Waals surface area contributed by atoms with Crippen molar-refractivity contribution >= 4 is 5.91 Å². The molecule has 1 unspecified atom stereocenters. The highest BCUT2D eigenvalue weighted by atomic mass is 16.5. The highest BCUT2D eigenvalue weighted by Crippen LogP contribution is 2.22. The number of aryl methyl sites for hydroxylation is 1. The molecule has 2 aromatic rings. The summed E-state index contributed by atoms with van der Waals surface area (Å²) in [6.07, 6.45) is 0. The Morgan fingerprint density at radius 2 is 1.72 bits per heavy atom. The molecule has 1 atom stereocenters. The Hall–Kier alpha value is -2.37. The third-order valence-electron chi connectivity index (χ3n) is 5.10. The van der Waals surface area contributed by atoms with E-state index in [1.54, 1.807) is 0 Å².